The maximum Gasteiger partial charge on any atom is 0.307 e. The van der Waals surface area contributed by atoms with Crippen molar-refractivity contribution in [1.82, 2.24) is 0 Å². The Kier molecular flexibility index (Phi) is 2.17. The lowest BCUT2D eigenvalue weighted by molar-refractivity contribution is -0.144. The average Bonchev–Trinajstić information content (AvgIpc) is 1.82. The molecule has 1 rings (SSSR count). The van der Waals surface area contributed by atoms with Crippen LogP contribution in [-0.2, 0) is 9.53 Å². The van der Waals surface area contributed by atoms with Crippen molar-refractivity contribution in [1.29, 1.82) is 0 Å². The van der Waals surface area contributed by atoms with Crippen molar-refractivity contribution in [3.63, 3.8) is 0 Å². The van der Waals surface area contributed by atoms with Crippen LogP contribution in [0.1, 0.15) is 33.1 Å². The Labute approximate surface area is 73.3 Å². The van der Waals surface area contributed by atoms with Crippen LogP contribution in [0.15, 0.2) is 0 Å². The number of hydrogen-bond donors (Lipinski definition) is 1. The Hall–Kier alpha value is -0.570. The predicted octanol–water partition coefficient (Wildman–Crippen LogP) is 1.07. The van der Waals surface area contributed by atoms with Crippen molar-refractivity contribution < 1.29 is 9.53 Å². The van der Waals surface area contributed by atoms with Gasteiger partial charge < -0.3 is 10.5 Å². The quantitative estimate of drug-likeness (QED) is 0.632. The number of hydrogen-bond acceptors (Lipinski definition) is 3. The number of carbonyl (C=O) groups excluding carboxylic acids is 1. The van der Waals surface area contributed by atoms with Gasteiger partial charge in [-0.3, -0.25) is 4.79 Å². The smallest absolute Gasteiger partial charge is 0.307 e. The van der Waals surface area contributed by atoms with Crippen LogP contribution >= 0.6 is 0 Å². The second-order valence-electron chi connectivity index (χ2n) is 4.63. The Morgan fingerprint density at radius 1 is 1.50 bits per heavy atom. The maximum absolute atomic E-state index is 10.9. The van der Waals surface area contributed by atoms with Crippen LogP contribution in [-0.4, -0.2) is 18.6 Å². The van der Waals surface area contributed by atoms with Crippen molar-refractivity contribution in [2.75, 3.05) is 7.11 Å². The van der Waals surface area contributed by atoms with Crippen molar-refractivity contribution in [3.05, 3.63) is 0 Å². The van der Waals surface area contributed by atoms with Gasteiger partial charge in [0, 0.05) is 5.54 Å². The molecule has 3 heteroatoms. The summed E-state index contributed by atoms with van der Waals surface area (Å²) in [5.74, 6) is -0.201. The summed E-state index contributed by atoms with van der Waals surface area (Å²) in [6, 6.07) is 0. The highest BCUT2D eigenvalue weighted by atomic mass is 16.5. The number of ether oxygens (including phenoxy) is 1. The van der Waals surface area contributed by atoms with E-state index in [9.17, 15) is 4.79 Å². The molecule has 0 radical (unpaired) electrons. The normalized spacial score (nSPS) is 24.3. The van der Waals surface area contributed by atoms with Gasteiger partial charge in [0.1, 0.15) is 0 Å². The first kappa shape index (κ1) is 9.52. The zero-order valence-electron chi connectivity index (χ0n) is 8.02. The summed E-state index contributed by atoms with van der Waals surface area (Å²) in [4.78, 5) is 10.9. The van der Waals surface area contributed by atoms with E-state index in [1.165, 1.54) is 7.11 Å². The highest BCUT2D eigenvalue weighted by Gasteiger charge is 2.47. The van der Waals surface area contributed by atoms with Crippen molar-refractivity contribution in [3.8, 4) is 0 Å². The fraction of sp³-hybridized carbons (Fsp3) is 0.889. The molecule has 0 unspecified atom stereocenters. The highest BCUT2D eigenvalue weighted by Crippen LogP contribution is 2.47. The minimum Gasteiger partial charge on any atom is -0.469 e. The van der Waals surface area contributed by atoms with Crippen LogP contribution in [0.4, 0.5) is 0 Å². The largest absolute Gasteiger partial charge is 0.469 e. The van der Waals surface area contributed by atoms with Crippen LogP contribution in [0.5, 0.6) is 0 Å². The summed E-state index contributed by atoms with van der Waals surface area (Å²) in [6.45, 7) is 4.32. The summed E-state index contributed by atoms with van der Waals surface area (Å²) in [6.07, 6.45) is 2.18. The topological polar surface area (TPSA) is 52.3 Å². The minimum atomic E-state index is -0.295. The number of carbonyl (C=O) groups is 1. The molecule has 0 saturated heterocycles. The van der Waals surface area contributed by atoms with E-state index in [-0.39, 0.29) is 11.5 Å². The molecule has 1 saturated carbocycles. The fourth-order valence-electron chi connectivity index (χ4n) is 2.34. The summed E-state index contributed by atoms with van der Waals surface area (Å²) in [5.41, 5.74) is 5.97. The number of methoxy groups -OCH3 is 1. The van der Waals surface area contributed by atoms with Gasteiger partial charge in [-0.1, -0.05) is 13.8 Å². The second kappa shape index (κ2) is 2.73. The zero-order chi connectivity index (χ0) is 9.41. The van der Waals surface area contributed by atoms with Crippen molar-refractivity contribution >= 4 is 5.97 Å². The standard InChI is InChI=1S/C9H17NO2/c1-8(2)5-9(10,6-8)4-7(11)12-3/h4-6,10H2,1-3H3. The van der Waals surface area contributed by atoms with E-state index >= 15 is 0 Å². The molecule has 0 aromatic heterocycles. The molecule has 0 amide bonds. The molecule has 2 N–H and O–H groups in total. The second-order valence-corrected chi connectivity index (χ2v) is 4.63. The van der Waals surface area contributed by atoms with E-state index in [2.05, 4.69) is 18.6 Å². The van der Waals surface area contributed by atoms with Gasteiger partial charge >= 0.3 is 5.97 Å². The van der Waals surface area contributed by atoms with Crippen molar-refractivity contribution in [2.45, 2.75) is 38.6 Å². The summed E-state index contributed by atoms with van der Waals surface area (Å²) >= 11 is 0. The van der Waals surface area contributed by atoms with Gasteiger partial charge in [0.15, 0.2) is 0 Å². The summed E-state index contributed by atoms with van der Waals surface area (Å²) in [7, 11) is 1.40. The molecule has 12 heavy (non-hydrogen) atoms. The molecule has 3 nitrogen and oxygen atoms in total. The SMILES string of the molecule is COC(=O)CC1(N)CC(C)(C)C1. The lowest BCUT2D eigenvalue weighted by Crippen LogP contribution is -2.57. The van der Waals surface area contributed by atoms with E-state index in [1.54, 1.807) is 0 Å². The molecule has 1 aliphatic rings. The molecule has 1 fully saturated rings. The van der Waals surface area contributed by atoms with Gasteiger partial charge in [-0.15, -0.1) is 0 Å². The molecule has 0 bridgehead atoms. The first-order valence-corrected chi connectivity index (χ1v) is 4.23. The molecule has 0 spiro atoms. The van der Waals surface area contributed by atoms with E-state index in [1.807, 2.05) is 0 Å². The fourth-order valence-corrected chi connectivity index (χ4v) is 2.34. The molecule has 1 aliphatic carbocycles. The predicted molar refractivity (Wildman–Crippen MR) is 46.6 cm³/mol. The lowest BCUT2D eigenvalue weighted by atomic mass is 9.59. The highest BCUT2D eigenvalue weighted by molar-refractivity contribution is 5.71. The third-order valence-electron chi connectivity index (χ3n) is 2.39. The van der Waals surface area contributed by atoms with Gasteiger partial charge in [0.2, 0.25) is 0 Å². The van der Waals surface area contributed by atoms with Crippen LogP contribution < -0.4 is 5.73 Å². The zero-order valence-corrected chi connectivity index (χ0v) is 8.02. The minimum absolute atomic E-state index is 0.201. The van der Waals surface area contributed by atoms with E-state index in [4.69, 9.17) is 5.73 Å². The Morgan fingerprint density at radius 3 is 2.33 bits per heavy atom. The van der Waals surface area contributed by atoms with Gasteiger partial charge in [-0.05, 0) is 18.3 Å². The summed E-state index contributed by atoms with van der Waals surface area (Å²) < 4.78 is 4.57. The number of rotatable bonds is 2. The molecule has 0 aliphatic heterocycles. The van der Waals surface area contributed by atoms with Crippen LogP contribution in [0, 0.1) is 5.41 Å². The first-order chi connectivity index (χ1) is 5.37. The van der Waals surface area contributed by atoms with E-state index < -0.39 is 0 Å². The molecular weight excluding hydrogens is 154 g/mol. The maximum atomic E-state index is 10.9. The van der Waals surface area contributed by atoms with Gasteiger partial charge in [0.05, 0.1) is 13.5 Å². The monoisotopic (exact) mass is 171 g/mol. The molecule has 0 atom stereocenters. The van der Waals surface area contributed by atoms with Crippen LogP contribution in [0.2, 0.25) is 0 Å². The van der Waals surface area contributed by atoms with Crippen molar-refractivity contribution in [2.24, 2.45) is 11.1 Å². The Balaban J connectivity index is 2.40. The number of nitrogens with two attached hydrogens (primary N) is 1. The molecule has 70 valence electrons. The van der Waals surface area contributed by atoms with Gasteiger partial charge in [0.25, 0.3) is 0 Å². The third kappa shape index (κ3) is 1.97. The lowest BCUT2D eigenvalue weighted by Gasteiger charge is -2.50. The van der Waals surface area contributed by atoms with Gasteiger partial charge in [-0.25, -0.2) is 0 Å². The first-order valence-electron chi connectivity index (χ1n) is 4.23. The molecule has 0 aromatic rings. The molecule has 0 heterocycles. The Bertz CT molecular complexity index is 191. The van der Waals surface area contributed by atoms with Crippen LogP contribution in [0.3, 0.4) is 0 Å². The molecule has 0 aromatic carbocycles. The van der Waals surface area contributed by atoms with E-state index in [0.29, 0.717) is 11.8 Å². The number of esters is 1. The average molecular weight is 171 g/mol. The summed E-state index contributed by atoms with van der Waals surface area (Å²) in [5, 5.41) is 0. The van der Waals surface area contributed by atoms with Crippen LogP contribution in [0.25, 0.3) is 0 Å². The molecular formula is C9H17NO2. The van der Waals surface area contributed by atoms with Gasteiger partial charge in [-0.2, -0.15) is 0 Å². The Morgan fingerprint density at radius 2 is 2.00 bits per heavy atom. The van der Waals surface area contributed by atoms with E-state index in [0.717, 1.165) is 12.8 Å². The third-order valence-corrected chi connectivity index (χ3v) is 2.39.